The molecule has 26 aromatic rings. The number of nitrogens with zero attached hydrogens (tertiary/aromatic N) is 14. The van der Waals surface area contributed by atoms with Crippen LogP contribution in [0.3, 0.4) is 0 Å². The molecule has 0 atom stereocenters. The molecule has 1 aliphatic carbocycles. The van der Waals surface area contributed by atoms with E-state index < -0.39 is 0 Å². The van der Waals surface area contributed by atoms with Crippen molar-refractivity contribution in [1.82, 2.24) is 66.3 Å². The van der Waals surface area contributed by atoms with Crippen molar-refractivity contribution in [2.24, 2.45) is 0 Å². The van der Waals surface area contributed by atoms with E-state index in [0.717, 1.165) is 95.1 Å². The summed E-state index contributed by atoms with van der Waals surface area (Å²) in [6, 6.07) is 99.8. The van der Waals surface area contributed by atoms with Crippen LogP contribution < -0.4 is 0 Å². The van der Waals surface area contributed by atoms with Gasteiger partial charge in [-0.2, -0.15) is 0 Å². The molecule has 14 nitrogen and oxygen atoms in total. The van der Waals surface area contributed by atoms with Gasteiger partial charge in [0.05, 0.1) is 33.9 Å². The summed E-state index contributed by atoms with van der Waals surface area (Å²) in [5, 5.41) is 21.4. The maximum Gasteiger partial charge on any atom is 0.188 e. The third-order valence-electron chi connectivity index (χ3n) is 26.7. The molecule has 6 radical (unpaired) electrons. The van der Waals surface area contributed by atoms with E-state index in [0.29, 0.717) is 11.6 Å². The summed E-state index contributed by atoms with van der Waals surface area (Å²) in [6.07, 6.45) is 33.3. The molecule has 13 aromatic carbocycles. The van der Waals surface area contributed by atoms with Crippen molar-refractivity contribution in [3.8, 4) is 11.1 Å². The standard InChI is InChI=1S/C23H17N2.C21H19N2.C20H15N4.C19H17N2.2C17H13N2.6Ir/c1-15-6-5-7-16(2)22(15)17-10-11-21-20(14-17)18-8-3-4-9-19(18)23-24-12-13-25(21)23;1-2-6-15(7-3-1)16-10-11-20-19(14-16)17-8-4-5-9-18(17)21-22-12-13-23(20)21;1-12(2)13-7-8-17-16(11-13)14-5-3-4-6-15(14)19-23-18-20(24(17)19)22-10-9-21-18;1-2-3-6-14-9-10-18-17(13-14)15-7-4-5-8-16(15)19-20-11-12-21(18)19;1-11-9-15-13-5-3-4-6-14(13)17-18-7-8-19(17)16(15)10-12(11)2;1-11-9-12(2)16-15(10-11)13-5-3-4-6-14(13)17-18-7-8-19(16)17;;;;;;/h3-8,10-14H,1-2H3;4-5,8,10-15H,1-3,6-7H2;3-5,7-12H,1-2H3;4-5,7,9-13H,2-3,6H2,1H3;2*3-5,7-10H,1-2H3;;;;;;/q6*-1;;;;;;. The molecule has 0 saturated heterocycles. The van der Waals surface area contributed by atoms with Crippen LogP contribution >= 0.6 is 0 Å². The van der Waals surface area contributed by atoms with Gasteiger partial charge in [0.15, 0.2) is 11.3 Å². The summed E-state index contributed by atoms with van der Waals surface area (Å²) in [5.41, 5.74) is 29.0. The maximum absolute atomic E-state index is 4.71. The second-order valence-corrected chi connectivity index (χ2v) is 35.3. The zero-order chi connectivity index (χ0) is 88.6. The summed E-state index contributed by atoms with van der Waals surface area (Å²) in [5.74, 6) is 1.21. The van der Waals surface area contributed by atoms with Gasteiger partial charge in [-0.15, -0.1) is 178 Å². The van der Waals surface area contributed by atoms with Gasteiger partial charge < -0.3 is 26.4 Å². The van der Waals surface area contributed by atoms with Crippen LogP contribution in [0.4, 0.5) is 0 Å². The Morgan fingerprint density at radius 1 is 0.328 bits per heavy atom. The predicted octanol–water partition coefficient (Wildman–Crippen LogP) is 28.6. The van der Waals surface area contributed by atoms with Gasteiger partial charge in [0.1, 0.15) is 0 Å². The van der Waals surface area contributed by atoms with Crippen LogP contribution in [0.15, 0.2) is 299 Å². The van der Waals surface area contributed by atoms with Gasteiger partial charge in [-0.1, -0.05) is 169 Å². The van der Waals surface area contributed by atoms with Crippen LogP contribution in [-0.4, -0.2) is 66.3 Å². The molecule has 27 rings (SSSR count). The van der Waals surface area contributed by atoms with Crippen molar-refractivity contribution in [3.05, 3.63) is 385 Å². The molecule has 1 aliphatic rings. The van der Waals surface area contributed by atoms with Gasteiger partial charge in [-0.05, 0) is 197 Å². The number of rotatable bonds is 6. The molecule has 0 N–H and O–H groups in total. The Morgan fingerprint density at radius 2 is 0.745 bits per heavy atom. The van der Waals surface area contributed by atoms with Crippen molar-refractivity contribution < 1.29 is 121 Å². The molecule has 137 heavy (non-hydrogen) atoms. The van der Waals surface area contributed by atoms with Crippen LogP contribution in [-0.2, 0) is 127 Å². The summed E-state index contributed by atoms with van der Waals surface area (Å²) < 4.78 is 12.9. The van der Waals surface area contributed by atoms with E-state index in [1.165, 1.54) is 193 Å². The van der Waals surface area contributed by atoms with E-state index in [1.54, 1.807) is 12.4 Å². The Morgan fingerprint density at radius 3 is 1.26 bits per heavy atom. The van der Waals surface area contributed by atoms with Crippen LogP contribution in [0.2, 0.25) is 0 Å². The number of aryl methyl sites for hydroxylation is 7. The molecular formula is C117H94Ir6N14-6. The average Bonchev–Trinajstić information content (AvgIpc) is 1.72. The molecule has 0 amide bonds. The molecule has 20 heteroatoms. The van der Waals surface area contributed by atoms with Gasteiger partial charge in [0, 0.05) is 228 Å². The number of imidazole rings is 6. The minimum Gasteiger partial charge on any atom is -0.340 e. The molecule has 0 bridgehead atoms. The van der Waals surface area contributed by atoms with Crippen molar-refractivity contribution in [2.45, 2.75) is 126 Å². The van der Waals surface area contributed by atoms with Gasteiger partial charge in [0.2, 0.25) is 0 Å². The van der Waals surface area contributed by atoms with Gasteiger partial charge in [-0.25, -0.2) is 9.97 Å². The first-order valence-electron chi connectivity index (χ1n) is 45.6. The van der Waals surface area contributed by atoms with Crippen LogP contribution in [0, 0.1) is 77.9 Å². The van der Waals surface area contributed by atoms with Gasteiger partial charge >= 0.3 is 0 Å². The van der Waals surface area contributed by atoms with E-state index >= 15 is 0 Å². The molecular weight excluding hydrogens is 2750 g/mol. The number of fused-ring (bicyclic) bond motifs is 38. The first-order valence-corrected chi connectivity index (χ1v) is 45.6. The topological polar surface area (TPSA) is 130 Å². The molecule has 0 spiro atoms. The van der Waals surface area contributed by atoms with Crippen LogP contribution in [0.1, 0.15) is 128 Å². The first kappa shape index (κ1) is 98.4. The molecule has 13 aromatic heterocycles. The number of hydrogen-bond donors (Lipinski definition) is 0. The Labute approximate surface area is 875 Å². The first-order chi connectivity index (χ1) is 64.3. The van der Waals surface area contributed by atoms with Crippen molar-refractivity contribution in [3.63, 3.8) is 0 Å². The second-order valence-electron chi connectivity index (χ2n) is 35.3. The fraction of sp³-hybridized carbons (Fsp3) is 0.162. The minimum absolute atomic E-state index is 0. The predicted molar refractivity (Wildman–Crippen MR) is 540 cm³/mol. The smallest absolute Gasteiger partial charge is 0.188 e. The van der Waals surface area contributed by atoms with Crippen molar-refractivity contribution in [2.75, 3.05) is 0 Å². The SMILES string of the molecule is CC(C)c1ccc2c(c1)c1ccc[c-]c1c1nc3nccnc3n21.CCCCc1ccc2c(c1)c1ccc[c-]c1c1nccn21.Cc1cc(C)c2c(c1)c1ccc[c-]c1c1nccn12.Cc1cc2c3ccc[c-]c3c3nccn3c2cc1C.Cc1cccc(C)c1-c1ccc2c(c1)c1ccc[c-]c1c1nccn21.[Ir].[Ir].[Ir].[Ir].[Ir].[Ir].[c-]1cccc2c1c1nccn1c1ccc(C3CCCCC3)cc21. The Balaban J connectivity index is 0.000000118. The number of benzene rings is 13. The summed E-state index contributed by atoms with van der Waals surface area (Å²) in [6.45, 7) is 19.6. The monoisotopic (exact) mass is 2850 g/mol. The number of aromatic nitrogens is 14. The van der Waals surface area contributed by atoms with E-state index in [1.807, 2.05) is 116 Å². The number of hydrogen-bond acceptors (Lipinski definition) is 8. The number of pyridine rings is 6. The third-order valence-corrected chi connectivity index (χ3v) is 26.7. The summed E-state index contributed by atoms with van der Waals surface area (Å²) in [7, 11) is 0. The van der Waals surface area contributed by atoms with E-state index in [-0.39, 0.29) is 121 Å². The zero-order valence-electron chi connectivity index (χ0n) is 76.9. The van der Waals surface area contributed by atoms with Crippen LogP contribution in [0.5, 0.6) is 0 Å². The van der Waals surface area contributed by atoms with Crippen molar-refractivity contribution >= 4 is 175 Å². The average molecular weight is 2850 g/mol. The van der Waals surface area contributed by atoms with Crippen LogP contribution in [0.25, 0.3) is 186 Å². The molecule has 1 saturated carbocycles. The molecule has 1 fully saturated rings. The molecule has 692 valence electrons. The van der Waals surface area contributed by atoms with Gasteiger partial charge in [0.25, 0.3) is 0 Å². The normalized spacial score (nSPS) is 12.0. The summed E-state index contributed by atoms with van der Waals surface area (Å²) in [4.78, 5) is 36.1. The quantitative estimate of drug-likeness (QED) is 0.119. The molecule has 13 heterocycles. The fourth-order valence-corrected chi connectivity index (χ4v) is 20.3. The fourth-order valence-electron chi connectivity index (χ4n) is 20.3. The number of unbranched alkanes of at least 4 members (excludes halogenated alkanes) is 1. The van der Waals surface area contributed by atoms with E-state index in [4.69, 9.17) is 4.98 Å². The third kappa shape index (κ3) is 18.0. The second kappa shape index (κ2) is 42.0. The Bertz CT molecular complexity index is 8990. The zero-order valence-corrected chi connectivity index (χ0v) is 91.2. The Hall–Kier alpha value is -11.6. The van der Waals surface area contributed by atoms with Crippen molar-refractivity contribution in [1.29, 1.82) is 0 Å². The Kier molecular flexibility index (Phi) is 30.1. The molecule has 0 aliphatic heterocycles. The maximum atomic E-state index is 4.71. The molecule has 0 unspecified atom stereocenters. The minimum atomic E-state index is 0. The summed E-state index contributed by atoms with van der Waals surface area (Å²) >= 11 is 0. The van der Waals surface area contributed by atoms with Gasteiger partial charge in [-0.3, -0.25) is 29.9 Å². The van der Waals surface area contributed by atoms with E-state index in [9.17, 15) is 0 Å². The van der Waals surface area contributed by atoms with E-state index in [2.05, 4.69) is 330 Å². The largest absolute Gasteiger partial charge is 0.340 e.